The monoisotopic (exact) mass is 226 g/mol. The molecule has 0 fully saturated rings. The van der Waals surface area contributed by atoms with Gasteiger partial charge in [-0.05, 0) is 13.0 Å². The van der Waals surface area contributed by atoms with E-state index in [4.69, 9.17) is 9.84 Å². The Morgan fingerprint density at radius 3 is 2.75 bits per heavy atom. The number of aliphatic carboxylic acids is 1. The predicted molar refractivity (Wildman–Crippen MR) is 56.6 cm³/mol. The van der Waals surface area contributed by atoms with Crippen LogP contribution in [-0.2, 0) is 11.2 Å². The number of phenols is 1. The highest BCUT2D eigenvalue weighted by Gasteiger charge is 2.17. The number of carbonyl (C=O) groups is 1. The molecule has 88 valence electrons. The summed E-state index contributed by atoms with van der Waals surface area (Å²) in [5.41, 5.74) is 0.348. The van der Waals surface area contributed by atoms with E-state index in [-0.39, 0.29) is 17.9 Å². The molecule has 0 aromatic heterocycles. The summed E-state index contributed by atoms with van der Waals surface area (Å²) in [6.45, 7) is 2.18. The van der Waals surface area contributed by atoms with E-state index >= 15 is 0 Å². The highest BCUT2D eigenvalue weighted by molar-refractivity contribution is 5.72. The minimum atomic E-state index is -1.53. The molecular formula is C11H14O5. The lowest BCUT2D eigenvalue weighted by atomic mass is 10.1. The van der Waals surface area contributed by atoms with Crippen molar-refractivity contribution in [2.24, 2.45) is 0 Å². The molecule has 0 aliphatic rings. The van der Waals surface area contributed by atoms with E-state index in [9.17, 15) is 15.0 Å². The first-order valence-electron chi connectivity index (χ1n) is 4.90. The Morgan fingerprint density at radius 2 is 2.19 bits per heavy atom. The average Bonchev–Trinajstić information content (AvgIpc) is 2.24. The van der Waals surface area contributed by atoms with Gasteiger partial charge >= 0.3 is 5.97 Å². The number of hydrogen-bond donors (Lipinski definition) is 3. The van der Waals surface area contributed by atoms with Crippen molar-refractivity contribution in [1.82, 2.24) is 0 Å². The Kier molecular flexibility index (Phi) is 4.13. The standard InChI is InChI=1S/C11H14O5/c1-2-16-9-5-3-4-7(10(9)13)6-8(12)11(14)15/h3-5,8,12-13H,2,6H2,1H3,(H,14,15). The molecule has 16 heavy (non-hydrogen) atoms. The van der Waals surface area contributed by atoms with Gasteiger partial charge in [0.05, 0.1) is 6.61 Å². The third-order valence-electron chi connectivity index (χ3n) is 2.08. The molecule has 1 rings (SSSR count). The number of rotatable bonds is 5. The maximum Gasteiger partial charge on any atom is 0.332 e. The number of hydrogen-bond acceptors (Lipinski definition) is 4. The first-order valence-corrected chi connectivity index (χ1v) is 4.90. The van der Waals surface area contributed by atoms with Gasteiger partial charge in [-0.3, -0.25) is 0 Å². The van der Waals surface area contributed by atoms with Crippen LogP contribution in [-0.4, -0.2) is 34.0 Å². The van der Waals surface area contributed by atoms with Crippen LogP contribution in [0.5, 0.6) is 11.5 Å². The molecular weight excluding hydrogens is 212 g/mol. The molecule has 0 amide bonds. The summed E-state index contributed by atoms with van der Waals surface area (Å²) >= 11 is 0. The van der Waals surface area contributed by atoms with E-state index in [1.165, 1.54) is 0 Å². The summed E-state index contributed by atoms with van der Waals surface area (Å²) in [5, 5.41) is 27.4. The van der Waals surface area contributed by atoms with Crippen LogP contribution in [0, 0.1) is 0 Å². The molecule has 3 N–H and O–H groups in total. The normalized spacial score (nSPS) is 12.1. The van der Waals surface area contributed by atoms with Gasteiger partial charge in [-0.1, -0.05) is 12.1 Å². The molecule has 0 saturated carbocycles. The van der Waals surface area contributed by atoms with Gasteiger partial charge in [0.2, 0.25) is 0 Å². The number of phenolic OH excluding ortho intramolecular Hbond substituents is 1. The maximum atomic E-state index is 10.5. The Labute approximate surface area is 92.9 Å². The van der Waals surface area contributed by atoms with Crippen molar-refractivity contribution >= 4 is 5.97 Å². The minimum absolute atomic E-state index is 0.121. The summed E-state index contributed by atoms with van der Waals surface area (Å²) in [6.07, 6.45) is -1.68. The van der Waals surface area contributed by atoms with Crippen molar-refractivity contribution in [3.8, 4) is 11.5 Å². The molecule has 0 heterocycles. The van der Waals surface area contributed by atoms with Gasteiger partial charge in [0, 0.05) is 12.0 Å². The third kappa shape index (κ3) is 2.87. The number of benzene rings is 1. The van der Waals surface area contributed by atoms with Crippen molar-refractivity contribution < 1.29 is 24.9 Å². The van der Waals surface area contributed by atoms with Crippen LogP contribution in [0.2, 0.25) is 0 Å². The summed E-state index contributed by atoms with van der Waals surface area (Å²) in [7, 11) is 0. The van der Waals surface area contributed by atoms with Gasteiger partial charge in [-0.2, -0.15) is 0 Å². The fourth-order valence-corrected chi connectivity index (χ4v) is 1.30. The van der Waals surface area contributed by atoms with E-state index < -0.39 is 12.1 Å². The first kappa shape index (κ1) is 12.3. The second-order valence-electron chi connectivity index (χ2n) is 3.26. The lowest BCUT2D eigenvalue weighted by molar-refractivity contribution is -0.146. The van der Waals surface area contributed by atoms with Gasteiger partial charge < -0.3 is 20.1 Å². The third-order valence-corrected chi connectivity index (χ3v) is 2.08. The molecule has 1 atom stereocenters. The molecule has 1 aromatic rings. The van der Waals surface area contributed by atoms with Crippen molar-refractivity contribution in [1.29, 1.82) is 0 Å². The SMILES string of the molecule is CCOc1cccc(CC(O)C(=O)O)c1O. The van der Waals surface area contributed by atoms with Gasteiger partial charge in [0.15, 0.2) is 17.6 Å². The average molecular weight is 226 g/mol. The van der Waals surface area contributed by atoms with E-state index in [1.54, 1.807) is 25.1 Å². The second kappa shape index (κ2) is 5.37. The van der Waals surface area contributed by atoms with Crippen LogP contribution in [0.25, 0.3) is 0 Å². The zero-order valence-electron chi connectivity index (χ0n) is 8.88. The number of carboxylic acid groups (broad SMARTS) is 1. The van der Waals surface area contributed by atoms with Crippen molar-refractivity contribution in [2.75, 3.05) is 6.61 Å². The molecule has 1 aromatic carbocycles. The molecule has 5 nitrogen and oxygen atoms in total. The van der Waals surface area contributed by atoms with Crippen molar-refractivity contribution in [3.63, 3.8) is 0 Å². The lowest BCUT2D eigenvalue weighted by Crippen LogP contribution is -2.22. The van der Waals surface area contributed by atoms with Gasteiger partial charge in [-0.15, -0.1) is 0 Å². The smallest absolute Gasteiger partial charge is 0.332 e. The van der Waals surface area contributed by atoms with E-state index in [0.29, 0.717) is 12.2 Å². The minimum Gasteiger partial charge on any atom is -0.504 e. The molecule has 0 saturated heterocycles. The van der Waals surface area contributed by atoms with Crippen molar-refractivity contribution in [3.05, 3.63) is 23.8 Å². The Hall–Kier alpha value is -1.75. The summed E-state index contributed by atoms with van der Waals surface area (Å²) in [6, 6.07) is 4.76. The van der Waals surface area contributed by atoms with E-state index in [2.05, 4.69) is 0 Å². The first-order chi connectivity index (χ1) is 7.56. The van der Waals surface area contributed by atoms with E-state index in [0.717, 1.165) is 0 Å². The molecule has 0 bridgehead atoms. The number of aliphatic hydroxyl groups excluding tert-OH is 1. The lowest BCUT2D eigenvalue weighted by Gasteiger charge is -2.11. The fraction of sp³-hybridized carbons (Fsp3) is 0.364. The van der Waals surface area contributed by atoms with Gasteiger partial charge in [0.1, 0.15) is 0 Å². The number of aliphatic hydroxyl groups is 1. The second-order valence-corrected chi connectivity index (χ2v) is 3.26. The van der Waals surface area contributed by atoms with Crippen LogP contribution in [0.4, 0.5) is 0 Å². The quantitative estimate of drug-likeness (QED) is 0.690. The number of para-hydroxylation sites is 1. The molecule has 0 aliphatic carbocycles. The Bertz CT molecular complexity index is 375. The number of ether oxygens (including phenoxy) is 1. The Balaban J connectivity index is 2.88. The van der Waals surface area contributed by atoms with Crippen LogP contribution in [0.1, 0.15) is 12.5 Å². The topological polar surface area (TPSA) is 87.0 Å². The molecule has 0 radical (unpaired) electrons. The fourth-order valence-electron chi connectivity index (χ4n) is 1.30. The predicted octanol–water partition coefficient (Wildman–Crippen LogP) is 0.779. The van der Waals surface area contributed by atoms with Crippen LogP contribution >= 0.6 is 0 Å². The molecule has 0 aliphatic heterocycles. The van der Waals surface area contributed by atoms with Gasteiger partial charge in [-0.25, -0.2) is 4.79 Å². The van der Waals surface area contributed by atoms with Crippen molar-refractivity contribution in [2.45, 2.75) is 19.4 Å². The highest BCUT2D eigenvalue weighted by Crippen LogP contribution is 2.30. The summed E-state index contributed by atoms with van der Waals surface area (Å²) < 4.78 is 5.14. The van der Waals surface area contributed by atoms with Crippen LogP contribution < -0.4 is 4.74 Å². The van der Waals surface area contributed by atoms with E-state index in [1.807, 2.05) is 0 Å². The number of carboxylic acids is 1. The van der Waals surface area contributed by atoms with Gasteiger partial charge in [0.25, 0.3) is 0 Å². The zero-order chi connectivity index (χ0) is 12.1. The molecule has 5 heteroatoms. The van der Waals surface area contributed by atoms with Crippen LogP contribution in [0.15, 0.2) is 18.2 Å². The largest absolute Gasteiger partial charge is 0.504 e. The van der Waals surface area contributed by atoms with Crippen LogP contribution in [0.3, 0.4) is 0 Å². The number of aromatic hydroxyl groups is 1. The summed E-state index contributed by atoms with van der Waals surface area (Å²) in [4.78, 5) is 10.5. The Morgan fingerprint density at radius 1 is 1.50 bits per heavy atom. The zero-order valence-corrected chi connectivity index (χ0v) is 8.88. The maximum absolute atomic E-state index is 10.5. The molecule has 0 spiro atoms. The highest BCUT2D eigenvalue weighted by atomic mass is 16.5. The molecule has 1 unspecified atom stereocenters. The summed E-state index contributed by atoms with van der Waals surface area (Å²) in [5.74, 6) is -1.15.